The van der Waals surface area contributed by atoms with Crippen LogP contribution in [0, 0.1) is 5.92 Å². The van der Waals surface area contributed by atoms with E-state index in [1.165, 1.54) is 12.1 Å². The lowest BCUT2D eigenvalue weighted by atomic mass is 10.0. The molecule has 22 heavy (non-hydrogen) atoms. The third-order valence-corrected chi connectivity index (χ3v) is 3.13. The van der Waals surface area contributed by atoms with Crippen molar-refractivity contribution in [1.82, 2.24) is 0 Å². The van der Waals surface area contributed by atoms with Crippen LogP contribution in [0.2, 0.25) is 0 Å². The first-order valence-corrected chi connectivity index (χ1v) is 6.16. The van der Waals surface area contributed by atoms with Crippen molar-refractivity contribution in [2.75, 3.05) is 0 Å². The molecule has 2 unspecified atom stereocenters. The number of aliphatic hydroxyl groups is 1. The minimum absolute atomic E-state index is 0.112. The highest BCUT2D eigenvalue weighted by molar-refractivity contribution is 5.84. The van der Waals surface area contributed by atoms with E-state index in [4.69, 9.17) is 19.4 Å². The summed E-state index contributed by atoms with van der Waals surface area (Å²) in [6, 6.07) is 6.97. The molecule has 0 aliphatic rings. The number of benzene rings is 1. The third kappa shape index (κ3) is 2.63. The van der Waals surface area contributed by atoms with E-state index in [0.29, 0.717) is 0 Å². The number of carbonyl (C=O) groups is 2. The number of aliphatic carboxylic acids is 2. The molecule has 8 heteroatoms. The maximum absolute atomic E-state index is 11.9. The van der Waals surface area contributed by atoms with Crippen LogP contribution in [0.15, 0.2) is 39.5 Å². The van der Waals surface area contributed by atoms with Crippen molar-refractivity contribution in [3.05, 3.63) is 40.6 Å². The fourth-order valence-electron chi connectivity index (χ4n) is 1.77. The molecule has 0 radical (unpaired) electrons. The monoisotopic (exact) mass is 308 g/mol. The van der Waals surface area contributed by atoms with Gasteiger partial charge in [0.25, 0.3) is 5.95 Å². The van der Waals surface area contributed by atoms with Gasteiger partial charge < -0.3 is 24.5 Å². The Labute approximate surface area is 123 Å². The van der Waals surface area contributed by atoms with Gasteiger partial charge in [0.05, 0.1) is 11.5 Å². The first kappa shape index (κ1) is 15.5. The second-order valence-corrected chi connectivity index (χ2v) is 4.59. The summed E-state index contributed by atoms with van der Waals surface area (Å²) >= 11 is 0. The fraction of sp³-hybridized carbons (Fsp3) is 0.214. The maximum atomic E-state index is 11.9. The van der Waals surface area contributed by atoms with Gasteiger partial charge in [-0.25, -0.2) is 4.79 Å². The van der Waals surface area contributed by atoms with E-state index >= 15 is 0 Å². The lowest BCUT2D eigenvalue weighted by molar-refractivity contribution is -0.217. The van der Waals surface area contributed by atoms with Crippen LogP contribution in [0.25, 0.3) is 11.0 Å². The van der Waals surface area contributed by atoms with Crippen LogP contribution >= 0.6 is 0 Å². The summed E-state index contributed by atoms with van der Waals surface area (Å²) in [6.45, 7) is 0.954. The number of ether oxygens (including phenoxy) is 1. The predicted molar refractivity (Wildman–Crippen MR) is 72.5 cm³/mol. The van der Waals surface area contributed by atoms with E-state index < -0.39 is 35.0 Å². The molecule has 116 valence electrons. The molecule has 1 aromatic carbocycles. The Bertz CT molecular complexity index is 793. The molecule has 0 saturated heterocycles. The molecule has 2 atom stereocenters. The number of carboxylic acid groups (broad SMARTS) is 2. The lowest BCUT2D eigenvalue weighted by Crippen LogP contribution is -2.52. The van der Waals surface area contributed by atoms with Gasteiger partial charge in [-0.05, 0) is 19.1 Å². The minimum atomic E-state index is -3.08. The Kier molecular flexibility index (Phi) is 3.87. The van der Waals surface area contributed by atoms with E-state index in [2.05, 4.69) is 0 Å². The smallest absolute Gasteiger partial charge is 0.378 e. The average Bonchev–Trinajstić information content (AvgIpc) is 2.46. The molecule has 2 aromatic rings. The average molecular weight is 308 g/mol. The molecule has 8 nitrogen and oxygen atoms in total. The van der Waals surface area contributed by atoms with E-state index in [9.17, 15) is 19.5 Å². The van der Waals surface area contributed by atoms with Gasteiger partial charge in [-0.3, -0.25) is 9.59 Å². The molecule has 1 aromatic heterocycles. The van der Waals surface area contributed by atoms with Crippen LogP contribution in [0.5, 0.6) is 5.95 Å². The van der Waals surface area contributed by atoms with Gasteiger partial charge in [-0.15, -0.1) is 0 Å². The molecule has 0 spiro atoms. The molecule has 3 N–H and O–H groups in total. The number of hydrogen-bond donors (Lipinski definition) is 3. The molecule has 0 saturated carbocycles. The number of fused-ring (bicyclic) bond motifs is 1. The van der Waals surface area contributed by atoms with Crippen LogP contribution in [0.1, 0.15) is 6.92 Å². The van der Waals surface area contributed by atoms with Gasteiger partial charge in [0.1, 0.15) is 11.5 Å². The zero-order chi connectivity index (χ0) is 16.5. The van der Waals surface area contributed by atoms with Crippen molar-refractivity contribution in [3.8, 4) is 5.95 Å². The Morgan fingerprint density at radius 3 is 2.50 bits per heavy atom. The Hall–Kier alpha value is -2.87. The molecule has 0 amide bonds. The van der Waals surface area contributed by atoms with Gasteiger partial charge in [0, 0.05) is 0 Å². The van der Waals surface area contributed by atoms with Gasteiger partial charge in [-0.2, -0.15) is 0 Å². The summed E-state index contributed by atoms with van der Waals surface area (Å²) < 4.78 is 9.96. The molecule has 0 aliphatic carbocycles. The number of carboxylic acids is 2. The van der Waals surface area contributed by atoms with E-state index in [0.717, 1.165) is 13.0 Å². The first-order chi connectivity index (χ1) is 10.3. The van der Waals surface area contributed by atoms with Gasteiger partial charge in [-0.1, -0.05) is 12.1 Å². The van der Waals surface area contributed by atoms with Crippen molar-refractivity contribution in [1.29, 1.82) is 0 Å². The van der Waals surface area contributed by atoms with Crippen molar-refractivity contribution >= 4 is 22.9 Å². The molecular weight excluding hydrogens is 296 g/mol. The van der Waals surface area contributed by atoms with E-state index in [-0.39, 0.29) is 11.0 Å². The van der Waals surface area contributed by atoms with Gasteiger partial charge in [0.15, 0.2) is 5.43 Å². The van der Waals surface area contributed by atoms with E-state index in [1.54, 1.807) is 12.1 Å². The Morgan fingerprint density at radius 2 is 1.91 bits per heavy atom. The minimum Gasteiger partial charge on any atom is -0.481 e. The summed E-state index contributed by atoms with van der Waals surface area (Å²) in [7, 11) is 0. The lowest BCUT2D eigenvalue weighted by Gasteiger charge is -2.26. The van der Waals surface area contributed by atoms with Crippen molar-refractivity contribution < 1.29 is 34.1 Å². The van der Waals surface area contributed by atoms with Crippen LogP contribution in [-0.2, 0) is 9.59 Å². The van der Waals surface area contributed by atoms with Crippen molar-refractivity contribution in [2.45, 2.75) is 12.7 Å². The molecular formula is C14H12O8. The second kappa shape index (κ2) is 5.49. The van der Waals surface area contributed by atoms with Gasteiger partial charge >= 0.3 is 17.7 Å². The SMILES string of the molecule is CC(C(=O)O)C(O)(Oc1cc(=O)c2ccccc2o1)C(=O)O. The molecule has 1 heterocycles. The highest BCUT2D eigenvalue weighted by Gasteiger charge is 2.49. The molecule has 0 fully saturated rings. The number of para-hydroxylation sites is 1. The highest BCUT2D eigenvalue weighted by atomic mass is 16.7. The number of hydrogen-bond acceptors (Lipinski definition) is 6. The largest absolute Gasteiger partial charge is 0.481 e. The quantitative estimate of drug-likeness (QED) is 0.686. The standard InChI is InChI=1S/C14H12O8/c1-7(12(16)17)14(20,13(18)19)22-11-6-9(15)8-4-2-3-5-10(8)21-11/h2-7,20H,1H3,(H,16,17)(H,18,19). The zero-order valence-electron chi connectivity index (χ0n) is 11.3. The van der Waals surface area contributed by atoms with Crippen LogP contribution in [-0.4, -0.2) is 33.0 Å². The number of rotatable bonds is 5. The zero-order valence-corrected chi connectivity index (χ0v) is 11.3. The predicted octanol–water partition coefficient (Wildman–Crippen LogP) is 0.666. The second-order valence-electron chi connectivity index (χ2n) is 4.59. The Morgan fingerprint density at radius 1 is 1.27 bits per heavy atom. The van der Waals surface area contributed by atoms with E-state index in [1.807, 2.05) is 0 Å². The third-order valence-electron chi connectivity index (χ3n) is 3.13. The van der Waals surface area contributed by atoms with Crippen LogP contribution in [0.4, 0.5) is 0 Å². The maximum Gasteiger partial charge on any atom is 0.378 e. The van der Waals surface area contributed by atoms with Crippen LogP contribution in [0.3, 0.4) is 0 Å². The molecule has 0 aliphatic heterocycles. The van der Waals surface area contributed by atoms with Gasteiger partial charge in [0.2, 0.25) is 0 Å². The van der Waals surface area contributed by atoms with Crippen molar-refractivity contribution in [2.24, 2.45) is 5.92 Å². The normalized spacial score (nSPS) is 15.0. The van der Waals surface area contributed by atoms with Crippen LogP contribution < -0.4 is 10.2 Å². The highest BCUT2D eigenvalue weighted by Crippen LogP contribution is 2.25. The Balaban J connectivity index is 2.49. The molecule has 2 rings (SSSR count). The summed E-state index contributed by atoms with van der Waals surface area (Å²) in [5.74, 6) is -8.99. The summed E-state index contributed by atoms with van der Waals surface area (Å²) in [4.78, 5) is 34.0. The van der Waals surface area contributed by atoms with Crippen molar-refractivity contribution in [3.63, 3.8) is 0 Å². The summed E-state index contributed by atoms with van der Waals surface area (Å²) in [6.07, 6.45) is 0. The summed E-state index contributed by atoms with van der Waals surface area (Å²) in [5, 5.41) is 28.1. The first-order valence-electron chi connectivity index (χ1n) is 6.16. The topological polar surface area (TPSA) is 134 Å². The summed E-state index contributed by atoms with van der Waals surface area (Å²) in [5.41, 5.74) is -0.409. The molecule has 0 bridgehead atoms. The fourth-order valence-corrected chi connectivity index (χ4v) is 1.77.